The van der Waals surface area contributed by atoms with E-state index in [1.54, 1.807) is 0 Å². The summed E-state index contributed by atoms with van der Waals surface area (Å²) in [5.41, 5.74) is 7.20. The number of aryl methyl sites for hydroxylation is 1. The number of nitrogens with two attached hydrogens (primary N) is 1. The van der Waals surface area contributed by atoms with Gasteiger partial charge in [0.15, 0.2) is 0 Å². The number of hydrogen-bond acceptors (Lipinski definition) is 2. The molecule has 3 nitrogen and oxygen atoms in total. The Labute approximate surface area is 117 Å². The summed E-state index contributed by atoms with van der Waals surface area (Å²) in [5, 5.41) is 3.07. The molecule has 0 unspecified atom stereocenters. The van der Waals surface area contributed by atoms with E-state index in [9.17, 15) is 4.79 Å². The third kappa shape index (κ3) is 3.12. The van der Waals surface area contributed by atoms with Crippen molar-refractivity contribution < 1.29 is 4.79 Å². The van der Waals surface area contributed by atoms with E-state index < -0.39 is 0 Å². The Kier molecular flexibility index (Phi) is 5.35. The van der Waals surface area contributed by atoms with Gasteiger partial charge in [-0.15, -0.1) is 0 Å². The first-order valence-corrected chi connectivity index (χ1v) is 7.06. The van der Waals surface area contributed by atoms with Crippen molar-refractivity contribution in [2.75, 3.05) is 6.54 Å². The molecule has 1 rings (SSSR count). The third-order valence-electron chi connectivity index (χ3n) is 3.56. The third-order valence-corrected chi connectivity index (χ3v) is 4.61. The minimum absolute atomic E-state index is 0.0697. The number of carbonyl (C=O) groups excluding carboxylic acids is 1. The summed E-state index contributed by atoms with van der Waals surface area (Å²) >= 11 is 3.46. The van der Waals surface area contributed by atoms with E-state index in [1.807, 2.05) is 39.0 Å². The highest BCUT2D eigenvalue weighted by Gasteiger charge is 2.27. The summed E-state index contributed by atoms with van der Waals surface area (Å²) in [6.07, 6.45) is 1.66. The van der Waals surface area contributed by atoms with Gasteiger partial charge in [-0.2, -0.15) is 0 Å². The van der Waals surface area contributed by atoms with Crippen LogP contribution in [0, 0.1) is 6.92 Å². The molecule has 0 spiro atoms. The summed E-state index contributed by atoms with van der Waals surface area (Å²) in [6, 6.07) is 5.67. The molecular weight excluding hydrogens is 292 g/mol. The Morgan fingerprint density at radius 1 is 1.39 bits per heavy atom. The van der Waals surface area contributed by atoms with Crippen LogP contribution < -0.4 is 11.1 Å². The van der Waals surface area contributed by atoms with Gasteiger partial charge in [0.25, 0.3) is 5.91 Å². The first-order valence-electron chi connectivity index (χ1n) is 6.27. The molecule has 0 aliphatic carbocycles. The van der Waals surface area contributed by atoms with E-state index in [0.29, 0.717) is 12.1 Å². The van der Waals surface area contributed by atoms with Crippen LogP contribution in [-0.4, -0.2) is 18.0 Å². The monoisotopic (exact) mass is 312 g/mol. The second kappa shape index (κ2) is 6.34. The van der Waals surface area contributed by atoms with Gasteiger partial charge in [0, 0.05) is 11.0 Å². The minimum atomic E-state index is -0.305. The van der Waals surface area contributed by atoms with Crippen molar-refractivity contribution in [3.8, 4) is 0 Å². The highest BCUT2D eigenvalue weighted by atomic mass is 79.9. The molecule has 0 bridgehead atoms. The van der Waals surface area contributed by atoms with Gasteiger partial charge in [-0.05, 0) is 47.3 Å². The maximum atomic E-state index is 12.3. The number of hydrogen-bond donors (Lipinski definition) is 2. The minimum Gasteiger partial charge on any atom is -0.345 e. The maximum Gasteiger partial charge on any atom is 0.252 e. The molecule has 1 aromatic carbocycles. The molecule has 0 aromatic heterocycles. The fraction of sp³-hybridized carbons (Fsp3) is 0.500. The molecule has 0 heterocycles. The molecule has 100 valence electrons. The van der Waals surface area contributed by atoms with Crippen LogP contribution in [0.15, 0.2) is 22.7 Å². The average Bonchev–Trinajstić information content (AvgIpc) is 2.39. The highest BCUT2D eigenvalue weighted by molar-refractivity contribution is 9.10. The van der Waals surface area contributed by atoms with Gasteiger partial charge in [-0.1, -0.05) is 26.0 Å². The number of carbonyl (C=O) groups is 1. The lowest BCUT2D eigenvalue weighted by Gasteiger charge is -2.31. The smallest absolute Gasteiger partial charge is 0.252 e. The Balaban J connectivity index is 2.98. The van der Waals surface area contributed by atoms with Gasteiger partial charge in [0.1, 0.15) is 0 Å². The van der Waals surface area contributed by atoms with Crippen molar-refractivity contribution >= 4 is 21.8 Å². The SMILES string of the molecule is CCC(CC)(CN)NC(=O)c1cccc(C)c1Br. The molecule has 18 heavy (non-hydrogen) atoms. The first-order chi connectivity index (χ1) is 8.49. The Morgan fingerprint density at radius 3 is 2.50 bits per heavy atom. The molecule has 0 aliphatic heterocycles. The van der Waals surface area contributed by atoms with E-state index >= 15 is 0 Å². The molecule has 0 saturated heterocycles. The van der Waals surface area contributed by atoms with E-state index in [2.05, 4.69) is 21.2 Å². The number of halogens is 1. The lowest BCUT2D eigenvalue weighted by Crippen LogP contribution is -2.52. The van der Waals surface area contributed by atoms with Gasteiger partial charge >= 0.3 is 0 Å². The molecule has 1 amide bonds. The molecule has 0 aliphatic rings. The van der Waals surface area contributed by atoms with Crippen molar-refractivity contribution in [2.45, 2.75) is 39.2 Å². The van der Waals surface area contributed by atoms with Crippen LogP contribution in [0.1, 0.15) is 42.6 Å². The topological polar surface area (TPSA) is 55.1 Å². The molecular formula is C14H21BrN2O. The van der Waals surface area contributed by atoms with Crippen LogP contribution in [0.4, 0.5) is 0 Å². The molecule has 0 atom stereocenters. The van der Waals surface area contributed by atoms with Crippen LogP contribution in [0.2, 0.25) is 0 Å². The van der Waals surface area contributed by atoms with Gasteiger partial charge in [0.2, 0.25) is 0 Å². The van der Waals surface area contributed by atoms with Crippen molar-refractivity contribution in [2.24, 2.45) is 5.73 Å². The molecule has 4 heteroatoms. The molecule has 1 aromatic rings. The summed E-state index contributed by atoms with van der Waals surface area (Å²) in [7, 11) is 0. The van der Waals surface area contributed by atoms with Gasteiger partial charge in [-0.3, -0.25) is 4.79 Å². The van der Waals surface area contributed by atoms with Crippen molar-refractivity contribution in [3.05, 3.63) is 33.8 Å². The van der Waals surface area contributed by atoms with Crippen molar-refractivity contribution in [3.63, 3.8) is 0 Å². The predicted molar refractivity (Wildman–Crippen MR) is 78.7 cm³/mol. The lowest BCUT2D eigenvalue weighted by molar-refractivity contribution is 0.0894. The Morgan fingerprint density at radius 2 is 2.00 bits per heavy atom. The van der Waals surface area contributed by atoms with Gasteiger partial charge < -0.3 is 11.1 Å². The summed E-state index contributed by atoms with van der Waals surface area (Å²) in [6.45, 7) is 6.51. The summed E-state index contributed by atoms with van der Waals surface area (Å²) in [5.74, 6) is -0.0697. The maximum absolute atomic E-state index is 12.3. The lowest BCUT2D eigenvalue weighted by atomic mass is 9.92. The second-order valence-corrected chi connectivity index (χ2v) is 5.38. The number of amides is 1. The van der Waals surface area contributed by atoms with Crippen LogP contribution in [0.3, 0.4) is 0 Å². The number of nitrogens with one attached hydrogen (secondary N) is 1. The van der Waals surface area contributed by atoms with E-state index in [-0.39, 0.29) is 11.4 Å². The zero-order valence-electron chi connectivity index (χ0n) is 11.2. The van der Waals surface area contributed by atoms with E-state index in [4.69, 9.17) is 5.73 Å². The standard InChI is InChI=1S/C14H21BrN2O/c1-4-14(5-2,9-16)17-13(18)11-8-6-7-10(3)12(11)15/h6-8H,4-5,9,16H2,1-3H3,(H,17,18). The highest BCUT2D eigenvalue weighted by Crippen LogP contribution is 2.22. The van der Waals surface area contributed by atoms with Crippen molar-refractivity contribution in [1.82, 2.24) is 5.32 Å². The Bertz CT molecular complexity index is 420. The van der Waals surface area contributed by atoms with Crippen LogP contribution in [0.5, 0.6) is 0 Å². The quantitative estimate of drug-likeness (QED) is 0.878. The average molecular weight is 313 g/mol. The van der Waals surface area contributed by atoms with E-state index in [1.165, 1.54) is 0 Å². The molecule has 0 saturated carbocycles. The zero-order chi connectivity index (χ0) is 13.8. The fourth-order valence-corrected chi connectivity index (χ4v) is 2.34. The normalized spacial score (nSPS) is 11.4. The van der Waals surface area contributed by atoms with E-state index in [0.717, 1.165) is 22.9 Å². The number of benzene rings is 1. The van der Waals surface area contributed by atoms with Crippen LogP contribution in [-0.2, 0) is 0 Å². The Hall–Kier alpha value is -0.870. The fourth-order valence-electron chi connectivity index (χ4n) is 1.90. The molecule has 3 N–H and O–H groups in total. The zero-order valence-corrected chi connectivity index (χ0v) is 12.8. The van der Waals surface area contributed by atoms with Gasteiger partial charge in [-0.25, -0.2) is 0 Å². The number of rotatable bonds is 5. The summed E-state index contributed by atoms with van der Waals surface area (Å²) in [4.78, 5) is 12.3. The van der Waals surface area contributed by atoms with Crippen molar-refractivity contribution in [1.29, 1.82) is 0 Å². The van der Waals surface area contributed by atoms with Crippen LogP contribution >= 0.6 is 15.9 Å². The predicted octanol–water partition coefficient (Wildman–Crippen LogP) is 3.00. The largest absolute Gasteiger partial charge is 0.345 e. The van der Waals surface area contributed by atoms with Gasteiger partial charge in [0.05, 0.1) is 11.1 Å². The first kappa shape index (κ1) is 15.2. The second-order valence-electron chi connectivity index (χ2n) is 4.58. The van der Waals surface area contributed by atoms with Crippen LogP contribution in [0.25, 0.3) is 0 Å². The summed E-state index contributed by atoms with van der Waals surface area (Å²) < 4.78 is 0.848. The molecule has 0 fully saturated rings. The molecule has 0 radical (unpaired) electrons.